The second-order valence-corrected chi connectivity index (χ2v) is 5.04. The first kappa shape index (κ1) is 13.5. The second kappa shape index (κ2) is 5.79. The van der Waals surface area contributed by atoms with Gasteiger partial charge in [-0.05, 0) is 31.0 Å². The number of carboxylic acid groups (broad SMARTS) is 1. The normalized spacial score (nSPS) is 10.4. The van der Waals surface area contributed by atoms with Crippen molar-refractivity contribution in [3.05, 3.63) is 46.2 Å². The van der Waals surface area contributed by atoms with E-state index in [0.29, 0.717) is 23.8 Å². The number of nitrogens with zero attached hydrogens (tertiary/aromatic N) is 1. The van der Waals surface area contributed by atoms with Gasteiger partial charge in [0.15, 0.2) is 5.13 Å². The van der Waals surface area contributed by atoms with Crippen LogP contribution in [0.4, 0.5) is 9.52 Å². The molecule has 2 aromatic rings. The van der Waals surface area contributed by atoms with E-state index in [1.54, 1.807) is 13.0 Å². The van der Waals surface area contributed by atoms with Crippen molar-refractivity contribution in [3.63, 3.8) is 0 Å². The number of thiazole rings is 1. The zero-order valence-corrected chi connectivity index (χ0v) is 11.1. The third kappa shape index (κ3) is 3.51. The van der Waals surface area contributed by atoms with E-state index in [2.05, 4.69) is 10.3 Å². The number of hydrogen-bond donors (Lipinski definition) is 2. The van der Waals surface area contributed by atoms with Crippen molar-refractivity contribution in [1.82, 2.24) is 4.98 Å². The lowest BCUT2D eigenvalue weighted by Gasteiger charge is -2.02. The van der Waals surface area contributed by atoms with E-state index in [4.69, 9.17) is 5.11 Å². The molecule has 0 saturated heterocycles. The number of carboxylic acids is 1. The van der Waals surface area contributed by atoms with Crippen LogP contribution in [0.1, 0.15) is 20.9 Å². The molecule has 1 aromatic heterocycles. The number of aromatic carboxylic acids is 1. The van der Waals surface area contributed by atoms with Gasteiger partial charge in [-0.3, -0.25) is 0 Å². The molecule has 19 heavy (non-hydrogen) atoms. The molecule has 0 fully saturated rings. The molecule has 2 N–H and O–H groups in total. The molecule has 1 heterocycles. The van der Waals surface area contributed by atoms with Crippen LogP contribution in [0.5, 0.6) is 0 Å². The van der Waals surface area contributed by atoms with Crippen LogP contribution in [-0.4, -0.2) is 22.6 Å². The quantitative estimate of drug-likeness (QED) is 0.884. The maximum absolute atomic E-state index is 13.0. The number of anilines is 1. The number of aryl methyl sites for hydroxylation is 1. The lowest BCUT2D eigenvalue weighted by Crippen LogP contribution is -2.04. The largest absolute Gasteiger partial charge is 0.477 e. The molecule has 0 amide bonds. The highest BCUT2D eigenvalue weighted by Gasteiger charge is 2.13. The zero-order chi connectivity index (χ0) is 13.8. The maximum Gasteiger partial charge on any atom is 0.347 e. The highest BCUT2D eigenvalue weighted by atomic mass is 32.1. The SMILES string of the molecule is Cc1nc(NCCc2cccc(F)c2)sc1C(=O)O. The van der Waals surface area contributed by atoms with Crippen LogP contribution in [0.15, 0.2) is 24.3 Å². The van der Waals surface area contributed by atoms with Crippen LogP contribution in [0.2, 0.25) is 0 Å². The zero-order valence-electron chi connectivity index (χ0n) is 10.3. The van der Waals surface area contributed by atoms with Crippen molar-refractivity contribution >= 4 is 22.4 Å². The summed E-state index contributed by atoms with van der Waals surface area (Å²) in [6, 6.07) is 6.40. The van der Waals surface area contributed by atoms with E-state index in [9.17, 15) is 9.18 Å². The molecule has 1 aromatic carbocycles. The van der Waals surface area contributed by atoms with E-state index in [-0.39, 0.29) is 10.7 Å². The Morgan fingerprint density at radius 3 is 2.95 bits per heavy atom. The topological polar surface area (TPSA) is 62.2 Å². The summed E-state index contributed by atoms with van der Waals surface area (Å²) >= 11 is 1.11. The van der Waals surface area contributed by atoms with Crippen molar-refractivity contribution in [3.8, 4) is 0 Å². The van der Waals surface area contributed by atoms with Crippen LogP contribution in [0, 0.1) is 12.7 Å². The fraction of sp³-hybridized carbons (Fsp3) is 0.231. The molecular formula is C13H13FN2O2S. The smallest absolute Gasteiger partial charge is 0.347 e. The molecule has 0 atom stereocenters. The van der Waals surface area contributed by atoms with Crippen molar-refractivity contribution < 1.29 is 14.3 Å². The van der Waals surface area contributed by atoms with E-state index in [1.165, 1.54) is 12.1 Å². The summed E-state index contributed by atoms with van der Waals surface area (Å²) in [5.74, 6) is -1.22. The molecule has 0 bridgehead atoms. The van der Waals surface area contributed by atoms with Gasteiger partial charge in [-0.25, -0.2) is 14.2 Å². The third-order valence-electron chi connectivity index (χ3n) is 2.57. The van der Waals surface area contributed by atoms with Gasteiger partial charge in [0.05, 0.1) is 5.69 Å². The maximum atomic E-state index is 13.0. The van der Waals surface area contributed by atoms with E-state index in [1.807, 2.05) is 6.07 Å². The Morgan fingerprint density at radius 2 is 2.32 bits per heavy atom. The van der Waals surface area contributed by atoms with Crippen LogP contribution in [0.3, 0.4) is 0 Å². The highest BCUT2D eigenvalue weighted by Crippen LogP contribution is 2.22. The lowest BCUT2D eigenvalue weighted by atomic mass is 10.1. The van der Waals surface area contributed by atoms with Gasteiger partial charge in [-0.15, -0.1) is 0 Å². The summed E-state index contributed by atoms with van der Waals surface area (Å²) in [6.07, 6.45) is 0.652. The predicted molar refractivity (Wildman–Crippen MR) is 72.4 cm³/mol. The molecule has 0 aliphatic rings. The molecule has 0 radical (unpaired) electrons. The number of halogens is 1. The Morgan fingerprint density at radius 1 is 1.53 bits per heavy atom. The molecule has 0 aliphatic carbocycles. The Kier molecular flexibility index (Phi) is 4.11. The highest BCUT2D eigenvalue weighted by molar-refractivity contribution is 7.17. The number of carbonyl (C=O) groups is 1. The van der Waals surface area contributed by atoms with Crippen LogP contribution in [0.25, 0.3) is 0 Å². The Balaban J connectivity index is 1.92. The first-order valence-corrected chi connectivity index (χ1v) is 6.57. The van der Waals surface area contributed by atoms with Gasteiger partial charge in [0.25, 0.3) is 0 Å². The minimum absolute atomic E-state index is 0.244. The molecule has 0 saturated carbocycles. The first-order valence-electron chi connectivity index (χ1n) is 5.75. The Hall–Kier alpha value is -1.95. The summed E-state index contributed by atoms with van der Waals surface area (Å²) in [5, 5.41) is 12.5. The summed E-state index contributed by atoms with van der Waals surface area (Å²) < 4.78 is 13.0. The summed E-state index contributed by atoms with van der Waals surface area (Å²) in [7, 11) is 0. The average Bonchev–Trinajstić information content (AvgIpc) is 2.71. The van der Waals surface area contributed by atoms with E-state index < -0.39 is 5.97 Å². The van der Waals surface area contributed by atoms with Crippen molar-refractivity contribution in [1.29, 1.82) is 0 Å². The van der Waals surface area contributed by atoms with Gasteiger partial charge in [0.2, 0.25) is 0 Å². The average molecular weight is 280 g/mol. The molecular weight excluding hydrogens is 267 g/mol. The van der Waals surface area contributed by atoms with Crippen molar-refractivity contribution in [2.24, 2.45) is 0 Å². The fourth-order valence-corrected chi connectivity index (χ4v) is 2.51. The molecule has 0 aliphatic heterocycles. The molecule has 0 unspecified atom stereocenters. The number of nitrogens with one attached hydrogen (secondary N) is 1. The summed E-state index contributed by atoms with van der Waals surface area (Å²) in [6.45, 7) is 2.24. The lowest BCUT2D eigenvalue weighted by molar-refractivity contribution is 0.0701. The monoisotopic (exact) mass is 280 g/mol. The van der Waals surface area contributed by atoms with E-state index >= 15 is 0 Å². The number of aromatic nitrogens is 1. The predicted octanol–water partition coefficient (Wildman–Crippen LogP) is 2.94. The first-order chi connectivity index (χ1) is 9.06. The van der Waals surface area contributed by atoms with Crippen molar-refractivity contribution in [2.45, 2.75) is 13.3 Å². The van der Waals surface area contributed by atoms with Gasteiger partial charge < -0.3 is 10.4 Å². The van der Waals surface area contributed by atoms with Gasteiger partial charge in [0.1, 0.15) is 10.7 Å². The van der Waals surface area contributed by atoms with Gasteiger partial charge in [-0.1, -0.05) is 23.5 Å². The molecule has 100 valence electrons. The second-order valence-electron chi connectivity index (χ2n) is 4.05. The minimum atomic E-state index is -0.965. The Bertz CT molecular complexity index is 598. The molecule has 2 rings (SSSR count). The summed E-state index contributed by atoms with van der Waals surface area (Å²) in [5.41, 5.74) is 1.39. The molecule has 4 nitrogen and oxygen atoms in total. The summed E-state index contributed by atoms with van der Waals surface area (Å²) in [4.78, 5) is 15.2. The number of rotatable bonds is 5. The fourth-order valence-electron chi connectivity index (χ4n) is 1.68. The van der Waals surface area contributed by atoms with Crippen LogP contribution >= 0.6 is 11.3 Å². The number of hydrogen-bond acceptors (Lipinski definition) is 4. The molecule has 0 spiro atoms. The third-order valence-corrected chi connectivity index (χ3v) is 3.67. The van der Waals surface area contributed by atoms with Crippen molar-refractivity contribution in [2.75, 3.05) is 11.9 Å². The van der Waals surface area contributed by atoms with Crippen LogP contribution < -0.4 is 5.32 Å². The van der Waals surface area contributed by atoms with Gasteiger partial charge in [-0.2, -0.15) is 0 Å². The van der Waals surface area contributed by atoms with Gasteiger partial charge in [0, 0.05) is 6.54 Å². The van der Waals surface area contributed by atoms with E-state index in [0.717, 1.165) is 16.9 Å². The standard InChI is InChI=1S/C13H13FN2O2S/c1-8-11(12(17)18)19-13(16-8)15-6-5-9-3-2-4-10(14)7-9/h2-4,7H,5-6H2,1H3,(H,15,16)(H,17,18). The van der Waals surface area contributed by atoms with Crippen LogP contribution in [-0.2, 0) is 6.42 Å². The Labute approximate surface area is 113 Å². The van der Waals surface area contributed by atoms with Gasteiger partial charge >= 0.3 is 5.97 Å². The number of benzene rings is 1. The minimum Gasteiger partial charge on any atom is -0.477 e. The molecule has 6 heteroatoms.